The number of benzene rings is 2. The van der Waals surface area contributed by atoms with Crippen LogP contribution in [0.2, 0.25) is 0 Å². The molecule has 0 aliphatic rings. The van der Waals surface area contributed by atoms with Gasteiger partial charge in [-0.2, -0.15) is 17.5 Å². The zero-order valence-corrected chi connectivity index (χ0v) is 19.0. The highest BCUT2D eigenvalue weighted by Crippen LogP contribution is 2.41. The molecule has 0 unspecified atom stereocenters. The molecule has 0 N–H and O–H groups in total. The van der Waals surface area contributed by atoms with Crippen molar-refractivity contribution in [3.8, 4) is 0 Å². The second-order valence-electron chi connectivity index (χ2n) is 7.04. The van der Waals surface area contributed by atoms with Gasteiger partial charge in [-0.3, -0.25) is 0 Å². The fraction of sp³-hybridized carbons (Fsp3) is 0.300. The number of alkyl halides is 3. The van der Waals surface area contributed by atoms with E-state index in [9.17, 15) is 26.0 Å². The van der Waals surface area contributed by atoms with Crippen LogP contribution in [0.25, 0.3) is 10.2 Å². The lowest BCUT2D eigenvalue weighted by Crippen LogP contribution is -2.42. The number of nitrogens with zero attached hydrogens (tertiary/aromatic N) is 4. The second kappa shape index (κ2) is 9.12. The van der Waals surface area contributed by atoms with Crippen molar-refractivity contribution in [2.24, 2.45) is 4.99 Å². The van der Waals surface area contributed by atoms with Crippen molar-refractivity contribution in [2.75, 3.05) is 20.6 Å². The Bertz CT molecular complexity index is 1220. The van der Waals surface area contributed by atoms with Gasteiger partial charge in [0.1, 0.15) is 11.9 Å². The van der Waals surface area contributed by atoms with Gasteiger partial charge >= 0.3 is 6.18 Å². The van der Waals surface area contributed by atoms with Crippen LogP contribution in [-0.2, 0) is 10.0 Å². The maximum Gasteiger partial charge on any atom is 0.409 e. The van der Waals surface area contributed by atoms with Gasteiger partial charge < -0.3 is 4.90 Å². The van der Waals surface area contributed by atoms with Gasteiger partial charge in [0.2, 0.25) is 15.2 Å². The summed E-state index contributed by atoms with van der Waals surface area (Å²) in [6, 6.07) is 5.10. The number of sulfonamides is 1. The van der Waals surface area contributed by atoms with E-state index in [1.54, 1.807) is 19.0 Å². The summed E-state index contributed by atoms with van der Waals surface area (Å²) in [6.45, 7) is 0.868. The van der Waals surface area contributed by atoms with Crippen LogP contribution in [0.4, 0.5) is 22.7 Å². The minimum atomic E-state index is -4.92. The van der Waals surface area contributed by atoms with Gasteiger partial charge in [-0.15, -0.1) is 0 Å². The molecule has 6 nitrogen and oxygen atoms in total. The molecule has 1 heterocycles. The molecule has 172 valence electrons. The summed E-state index contributed by atoms with van der Waals surface area (Å²) in [5, 5.41) is 0.384. The molecule has 0 saturated carbocycles. The van der Waals surface area contributed by atoms with Crippen molar-refractivity contribution in [2.45, 2.75) is 24.0 Å². The van der Waals surface area contributed by atoms with E-state index in [0.717, 1.165) is 24.3 Å². The van der Waals surface area contributed by atoms with Crippen LogP contribution in [0.1, 0.15) is 18.5 Å². The molecule has 0 fully saturated rings. The van der Waals surface area contributed by atoms with Crippen LogP contribution < -0.4 is 0 Å². The third-order valence-corrected chi connectivity index (χ3v) is 7.33. The molecule has 0 spiro atoms. The zero-order chi connectivity index (χ0) is 23.7. The fourth-order valence-corrected chi connectivity index (χ4v) is 5.48. The zero-order valence-electron chi connectivity index (χ0n) is 17.3. The quantitative estimate of drug-likeness (QED) is 0.268. The number of hydrogen-bond acceptors (Lipinski definition) is 5. The summed E-state index contributed by atoms with van der Waals surface area (Å²) in [5.41, 5.74) is -0.0669. The summed E-state index contributed by atoms with van der Waals surface area (Å²) in [4.78, 5) is 9.79. The first-order chi connectivity index (χ1) is 14.9. The Hall–Kier alpha value is -2.57. The van der Waals surface area contributed by atoms with Gasteiger partial charge in [-0.25, -0.2) is 22.8 Å². The number of hydrogen-bond donors (Lipinski definition) is 0. The summed E-state index contributed by atoms with van der Waals surface area (Å²) in [7, 11) is -1.01. The highest BCUT2D eigenvalue weighted by Gasteiger charge is 2.48. The minimum absolute atomic E-state index is 0.309. The lowest BCUT2D eigenvalue weighted by atomic mass is 10.1. The standard InChI is InChI=1S/C20H20F4N4O2S2/c1-4-28(18(20(22,23)24)13-5-7-14(21)8-6-13)32(29,30)15-9-10-17-16(11-15)26-19(31-17)25-12-27(2)3/h5-12,18H,4H2,1-3H3/t18-/m1/s1. The molecule has 0 aliphatic heterocycles. The number of rotatable bonds is 7. The summed E-state index contributed by atoms with van der Waals surface area (Å²) < 4.78 is 82.6. The molecule has 1 aromatic heterocycles. The van der Waals surface area contributed by atoms with Crippen LogP contribution in [0, 0.1) is 5.82 Å². The van der Waals surface area contributed by atoms with Crippen LogP contribution >= 0.6 is 11.3 Å². The molecular formula is C20H20F4N4O2S2. The van der Waals surface area contributed by atoms with E-state index in [2.05, 4.69) is 9.98 Å². The first kappa shape index (κ1) is 24.1. The van der Waals surface area contributed by atoms with E-state index < -0.39 is 34.6 Å². The third-order valence-electron chi connectivity index (χ3n) is 4.45. The molecule has 1 atom stereocenters. The number of aliphatic imine (C=N–C) groups is 1. The Kier molecular flexibility index (Phi) is 6.86. The Morgan fingerprint density at radius 2 is 1.81 bits per heavy atom. The van der Waals surface area contributed by atoms with Gasteiger partial charge in [0, 0.05) is 20.6 Å². The molecule has 32 heavy (non-hydrogen) atoms. The number of aromatic nitrogens is 1. The van der Waals surface area contributed by atoms with Gasteiger partial charge in [-0.05, 0) is 35.9 Å². The number of fused-ring (bicyclic) bond motifs is 1. The van der Waals surface area contributed by atoms with E-state index in [1.165, 1.54) is 42.8 Å². The highest BCUT2D eigenvalue weighted by atomic mass is 32.2. The third kappa shape index (κ3) is 5.08. The molecule has 0 radical (unpaired) electrons. The summed E-state index contributed by atoms with van der Waals surface area (Å²) in [6.07, 6.45) is -3.38. The number of halogens is 4. The molecule has 3 aromatic rings. The van der Waals surface area contributed by atoms with E-state index in [-0.39, 0.29) is 10.5 Å². The second-order valence-corrected chi connectivity index (χ2v) is 9.94. The molecule has 0 aliphatic carbocycles. The molecule has 0 bridgehead atoms. The monoisotopic (exact) mass is 488 g/mol. The minimum Gasteiger partial charge on any atom is -0.369 e. The molecular weight excluding hydrogens is 468 g/mol. The van der Waals surface area contributed by atoms with Crippen LogP contribution in [0.5, 0.6) is 0 Å². The smallest absolute Gasteiger partial charge is 0.369 e. The molecule has 0 saturated heterocycles. The van der Waals surface area contributed by atoms with Gasteiger partial charge in [-0.1, -0.05) is 30.4 Å². The fourth-order valence-electron chi connectivity index (χ4n) is 3.07. The average Bonchev–Trinajstić information content (AvgIpc) is 3.12. The van der Waals surface area contributed by atoms with E-state index in [4.69, 9.17) is 0 Å². The van der Waals surface area contributed by atoms with Crippen LogP contribution in [-0.4, -0.2) is 55.8 Å². The topological polar surface area (TPSA) is 65.9 Å². The van der Waals surface area contributed by atoms with E-state index >= 15 is 0 Å². The molecule has 2 aromatic carbocycles. The lowest BCUT2D eigenvalue weighted by Gasteiger charge is -2.31. The van der Waals surface area contributed by atoms with Gasteiger partial charge in [0.05, 0.1) is 21.5 Å². The first-order valence-electron chi connectivity index (χ1n) is 9.38. The van der Waals surface area contributed by atoms with Crippen LogP contribution in [0.3, 0.4) is 0 Å². The lowest BCUT2D eigenvalue weighted by molar-refractivity contribution is -0.173. The van der Waals surface area contributed by atoms with Gasteiger partial charge in [0.15, 0.2) is 0 Å². The van der Waals surface area contributed by atoms with E-state index in [0.29, 0.717) is 19.7 Å². The van der Waals surface area contributed by atoms with Crippen molar-refractivity contribution < 1.29 is 26.0 Å². The van der Waals surface area contributed by atoms with Crippen molar-refractivity contribution in [1.29, 1.82) is 0 Å². The first-order valence-corrected chi connectivity index (χ1v) is 11.6. The largest absolute Gasteiger partial charge is 0.409 e. The summed E-state index contributed by atoms with van der Waals surface area (Å²) >= 11 is 1.22. The van der Waals surface area contributed by atoms with Crippen LogP contribution in [0.15, 0.2) is 52.4 Å². The van der Waals surface area contributed by atoms with Crippen molar-refractivity contribution in [3.05, 3.63) is 53.8 Å². The van der Waals surface area contributed by atoms with Gasteiger partial charge in [0.25, 0.3) is 0 Å². The average molecular weight is 489 g/mol. The predicted molar refractivity (Wildman–Crippen MR) is 116 cm³/mol. The Balaban J connectivity index is 2.06. The normalized spacial score (nSPS) is 13.9. The molecule has 12 heteroatoms. The predicted octanol–water partition coefficient (Wildman–Crippen LogP) is 4.97. The van der Waals surface area contributed by atoms with Crippen molar-refractivity contribution in [3.63, 3.8) is 0 Å². The Morgan fingerprint density at radius 3 is 2.38 bits per heavy atom. The maximum atomic E-state index is 14.0. The molecule has 3 rings (SSSR count). The summed E-state index contributed by atoms with van der Waals surface area (Å²) in [5.74, 6) is -0.720. The Morgan fingerprint density at radius 1 is 1.16 bits per heavy atom. The Labute approximate surface area is 186 Å². The molecule has 0 amide bonds. The highest BCUT2D eigenvalue weighted by molar-refractivity contribution is 7.89. The SMILES string of the molecule is CCN([C@H](c1ccc(F)cc1)C(F)(F)F)S(=O)(=O)c1ccc2sc(N=CN(C)C)nc2c1. The maximum absolute atomic E-state index is 14.0. The van der Waals surface area contributed by atoms with Crippen molar-refractivity contribution >= 4 is 43.0 Å². The van der Waals surface area contributed by atoms with Crippen molar-refractivity contribution in [1.82, 2.24) is 14.2 Å². The van der Waals surface area contributed by atoms with E-state index in [1.807, 2.05) is 0 Å². The number of thiazole rings is 1.